The molecule has 1 atom stereocenters. The smallest absolute Gasteiger partial charge is 0.293 e. The fraction of sp³-hybridized carbons (Fsp3) is 0.523. The highest BCUT2D eigenvalue weighted by Gasteiger charge is 2.36. The minimum atomic E-state index is -3.20. The van der Waals surface area contributed by atoms with Crippen LogP contribution < -0.4 is 62.3 Å². The summed E-state index contributed by atoms with van der Waals surface area (Å²) in [4.78, 5) is 120. The Labute approximate surface area is 793 Å². The Morgan fingerprint density at radius 2 is 0.735 bits per heavy atom. The lowest BCUT2D eigenvalue weighted by Gasteiger charge is -2.36. The van der Waals surface area contributed by atoms with Gasteiger partial charge in [-0.1, -0.05) is 78.0 Å². The molecule has 6 saturated heterocycles. The van der Waals surface area contributed by atoms with E-state index in [0.29, 0.717) is 146 Å². The number of para-hydroxylation sites is 3. The van der Waals surface area contributed by atoms with Gasteiger partial charge in [0.1, 0.15) is 17.1 Å². The number of hydrogen-bond acceptors (Lipinski definition) is 33. The third kappa shape index (κ3) is 32.3. The van der Waals surface area contributed by atoms with Crippen LogP contribution in [-0.4, -0.2) is 329 Å². The molecule has 45 nitrogen and oxygen atoms in total. The highest BCUT2D eigenvalue weighted by Crippen LogP contribution is 2.39. The van der Waals surface area contributed by atoms with Gasteiger partial charge in [-0.05, 0) is 170 Å². The van der Waals surface area contributed by atoms with Crippen LogP contribution in [0, 0.1) is 36.3 Å². The molecule has 750 valence electrons. The molecule has 12 rings (SSSR count). The second-order valence-corrected chi connectivity index (χ2v) is 39.7. The largest absolute Gasteiger partial charge is 0.369 e. The molecule has 0 spiro atoms. The van der Waals surface area contributed by atoms with Crippen molar-refractivity contribution in [2.75, 3.05) is 219 Å². The van der Waals surface area contributed by atoms with E-state index >= 15 is 0 Å². The first-order valence-electron chi connectivity index (χ1n) is 45.2. The van der Waals surface area contributed by atoms with E-state index in [1.165, 1.54) is 94.2 Å². The molecular weight excluding hydrogens is 1830 g/mol. The second kappa shape index (κ2) is 55.0. The van der Waals surface area contributed by atoms with E-state index in [1.807, 2.05) is 33.9 Å². The van der Waals surface area contributed by atoms with Crippen molar-refractivity contribution in [3.63, 3.8) is 0 Å². The molecule has 6 aliphatic heterocycles. The quantitative estimate of drug-likeness (QED) is 0.00841. The topological polar surface area (TPSA) is 567 Å². The predicted octanol–water partition coefficient (Wildman–Crippen LogP) is 7.15. The summed E-state index contributed by atoms with van der Waals surface area (Å²) in [6.07, 6.45) is 10.8. The summed E-state index contributed by atoms with van der Waals surface area (Å²) in [5, 5.41) is 85.7. The van der Waals surface area contributed by atoms with Gasteiger partial charge in [0.15, 0.2) is 0 Å². The first-order chi connectivity index (χ1) is 64.9. The number of likely N-dealkylation sites (N-methyl/N-ethyl adjacent to an activating group) is 2. The Morgan fingerprint density at radius 3 is 1.07 bits per heavy atom. The van der Waals surface area contributed by atoms with Gasteiger partial charge in [-0.25, -0.2) is 58.1 Å². The Morgan fingerprint density at radius 1 is 0.404 bits per heavy atom. The average Bonchev–Trinajstić information content (AvgIpc) is 1.30. The number of unbranched alkanes of at least 4 members (excludes halogenated alkanes) is 5. The molecule has 6 aromatic carbocycles. The molecule has 6 fully saturated rings. The molecule has 0 radical (unpaired) electrons. The highest BCUT2D eigenvalue weighted by molar-refractivity contribution is 7.89. The van der Waals surface area contributed by atoms with Gasteiger partial charge in [0.25, 0.3) is 52.5 Å². The third-order valence-corrected chi connectivity index (χ3v) is 29.8. The Bertz CT molecular complexity index is 5250. The van der Waals surface area contributed by atoms with Crippen LogP contribution in [0.3, 0.4) is 0 Å². The number of sulfonamides is 3. The number of benzene rings is 6. The van der Waals surface area contributed by atoms with Crippen molar-refractivity contribution in [1.29, 1.82) is 0 Å². The normalized spacial score (nSPS) is 16.4. The fourth-order valence-electron chi connectivity index (χ4n) is 16.4. The SMILES string of the molecule is CC(C)S(=O)(=O)N1CCN(c2ccc(C(=O)NO)cc2)CC1.CCCCCCCCS(=O)(=O)N1CCN(c2ccc(C(=O)NO)cc2)CC1.CCN(CC)CCCC1CCN(c2c(C(=O)NO)cccc2[N+](=O)[O-])C1.CCN1CCN(c2c(C(=O)NO)cccc2[N+](=O)[O-])CC1.CN1CCN(c2c(C(=O)NO)cccc2[N+](=O)[O-])CC1.CS(=O)(=O)N1CCN(c2ccc(C(=O)NO)cc2)CC1. The van der Waals surface area contributed by atoms with E-state index in [1.54, 1.807) is 106 Å². The molecule has 1 unspecified atom stereocenters. The lowest BCUT2D eigenvalue weighted by molar-refractivity contribution is -0.384. The van der Waals surface area contributed by atoms with Gasteiger partial charge in [-0.2, -0.15) is 12.9 Å². The summed E-state index contributed by atoms with van der Waals surface area (Å²) in [5.41, 5.74) is 14.2. The maximum absolute atomic E-state index is 12.5. The van der Waals surface area contributed by atoms with E-state index in [4.69, 9.17) is 31.2 Å². The van der Waals surface area contributed by atoms with E-state index in [-0.39, 0.29) is 50.9 Å². The molecule has 12 N–H and O–H groups in total. The number of rotatable bonds is 33. The second-order valence-electron chi connectivity index (χ2n) is 33.2. The number of hydroxylamine groups is 6. The van der Waals surface area contributed by atoms with E-state index in [9.17, 15) is 84.4 Å². The van der Waals surface area contributed by atoms with Gasteiger partial charge < -0.3 is 44.1 Å². The highest BCUT2D eigenvalue weighted by atomic mass is 32.2. The van der Waals surface area contributed by atoms with E-state index in [2.05, 4.69) is 57.1 Å². The van der Waals surface area contributed by atoms with Gasteiger partial charge >= 0.3 is 0 Å². The Kier molecular flexibility index (Phi) is 45.1. The molecule has 0 bridgehead atoms. The van der Waals surface area contributed by atoms with Crippen molar-refractivity contribution in [1.82, 2.24) is 60.5 Å². The van der Waals surface area contributed by atoms with Crippen LogP contribution in [0.4, 0.5) is 51.2 Å². The number of amides is 6. The molecular formula is C88H131N21O24S3. The Balaban J connectivity index is 0.000000223. The standard InChI is InChI=1S/C19H31N3O4S.C18H28N4O4.C14H21N3O4S.C13H18N4O4.C12H16N4O4.C12H17N3O4S/c1-2-3-4-5-6-7-16-27(25,26)22-14-12-21(13-15-22)18-10-8-17(9-11-18)19(23)20-24;1-3-20(4-2)11-6-7-14-10-12-21(13-14)17-15(18(23)19-24)8-5-9-16(17)22(25)26;1-11(2)22(20,21)17-9-7-16(8-10-17)13-5-3-12(4-6-13)14(18)15-19;1-2-15-6-8-16(9-7-15)12-10(13(18)14-19)4-3-5-11(12)17(20)21;1-14-5-7-15(8-6-14)11-9(12(17)13-18)3-2-4-10(11)16(19)20;1-20(18,19)15-8-6-14(7-9-15)11-4-2-10(3-5-11)12(16)13-17/h8-11,24H,2-7,12-16H2,1H3,(H,20,23);5,8-9,14,24H,3-4,6-7,10-13H2,1-2H3,(H,19,23);3-6,11,19H,7-10H2,1-2H3,(H,15,18);3-5,19H,2,6-9H2,1H3,(H,14,18);2-4,18H,5-8H2,1H3,(H,13,17);2-5,17H,6-9H2,1H3,(H,13,16). The zero-order valence-corrected chi connectivity index (χ0v) is 80.6. The van der Waals surface area contributed by atoms with Crippen molar-refractivity contribution in [3.05, 3.63) is 191 Å². The van der Waals surface area contributed by atoms with Crippen LogP contribution in [-0.2, 0) is 30.1 Å². The molecule has 6 heterocycles. The zero-order chi connectivity index (χ0) is 100.0. The maximum Gasteiger partial charge on any atom is 0.293 e. The number of nitrogens with zero attached hydrogens (tertiary/aromatic N) is 15. The number of anilines is 6. The summed E-state index contributed by atoms with van der Waals surface area (Å²) in [6, 6.07) is 33.4. The first kappa shape index (κ1) is 112. The third-order valence-electron chi connectivity index (χ3n) is 24.3. The predicted molar refractivity (Wildman–Crippen MR) is 513 cm³/mol. The van der Waals surface area contributed by atoms with Gasteiger partial charge in [-0.3, -0.25) is 90.4 Å². The van der Waals surface area contributed by atoms with E-state index < -0.39 is 85.5 Å². The van der Waals surface area contributed by atoms with Gasteiger partial charge in [-0.15, -0.1) is 0 Å². The van der Waals surface area contributed by atoms with Crippen molar-refractivity contribution < 1.29 is 100 Å². The number of hydrogen-bond donors (Lipinski definition) is 12. The number of carbonyl (C=O) groups is 6. The van der Waals surface area contributed by atoms with Crippen molar-refractivity contribution in [2.45, 2.75) is 105 Å². The average molecular weight is 1960 g/mol. The monoisotopic (exact) mass is 1960 g/mol. The molecule has 6 aromatic rings. The summed E-state index contributed by atoms with van der Waals surface area (Å²) in [5.74, 6) is -3.19. The molecule has 6 aliphatic rings. The van der Waals surface area contributed by atoms with Crippen molar-refractivity contribution in [3.8, 4) is 0 Å². The van der Waals surface area contributed by atoms with Gasteiger partial charge in [0.05, 0.1) is 48.7 Å². The molecule has 6 amide bonds. The molecule has 136 heavy (non-hydrogen) atoms. The summed E-state index contributed by atoms with van der Waals surface area (Å²) in [6.45, 7) is 29.3. The molecule has 48 heteroatoms. The van der Waals surface area contributed by atoms with Crippen LogP contribution in [0.15, 0.2) is 127 Å². The van der Waals surface area contributed by atoms with Crippen LogP contribution in [0.25, 0.3) is 0 Å². The van der Waals surface area contributed by atoms with Crippen LogP contribution in [0.1, 0.15) is 161 Å². The van der Waals surface area contributed by atoms with Crippen LogP contribution >= 0.6 is 0 Å². The van der Waals surface area contributed by atoms with Crippen molar-refractivity contribution in [2.24, 2.45) is 5.92 Å². The molecule has 0 saturated carbocycles. The summed E-state index contributed by atoms with van der Waals surface area (Å²) < 4.78 is 76.7. The molecule has 0 aromatic heterocycles. The minimum Gasteiger partial charge on any atom is -0.369 e. The maximum atomic E-state index is 12.5. The fourth-order valence-corrected chi connectivity index (χ4v) is 20.0. The number of nitrogens with one attached hydrogen (secondary N) is 6. The number of nitro benzene ring substituents is 3. The lowest BCUT2D eigenvalue weighted by Crippen LogP contribution is -2.50. The Hall–Kier alpha value is -11.5. The number of carbonyl (C=O) groups excluding carboxylic acids is 6. The van der Waals surface area contributed by atoms with Crippen LogP contribution in [0.2, 0.25) is 0 Å². The number of piperazine rings is 5. The first-order valence-corrected chi connectivity index (χ1v) is 50.2. The summed E-state index contributed by atoms with van der Waals surface area (Å²) >= 11 is 0. The summed E-state index contributed by atoms with van der Waals surface area (Å²) in [7, 11) is -7.53. The minimum absolute atomic E-state index is 0.102. The zero-order valence-electron chi connectivity index (χ0n) is 78.2. The van der Waals surface area contributed by atoms with Gasteiger partial charge in [0.2, 0.25) is 30.1 Å². The number of nitro groups is 3. The molecule has 0 aliphatic carbocycles. The van der Waals surface area contributed by atoms with Crippen molar-refractivity contribution >= 4 is 117 Å². The van der Waals surface area contributed by atoms with E-state index in [0.717, 1.165) is 108 Å². The van der Waals surface area contributed by atoms with Crippen LogP contribution in [0.5, 0.6) is 0 Å². The van der Waals surface area contributed by atoms with Gasteiger partial charge in [0, 0.05) is 196 Å². The lowest BCUT2D eigenvalue weighted by atomic mass is 10.0.